The highest BCUT2D eigenvalue weighted by atomic mass is 16.3. The molecular weight excluding hydrogens is 532 g/mol. The summed E-state index contributed by atoms with van der Waals surface area (Å²) in [6, 6.07) is 47.6. The average Bonchev–Trinajstić information content (AvgIpc) is 3.44. The molecule has 8 aromatic rings. The first-order valence-corrected chi connectivity index (χ1v) is 15.1. The minimum Gasteiger partial charge on any atom is -0.456 e. The minimum atomic E-state index is 0.908. The summed E-state index contributed by atoms with van der Waals surface area (Å²) in [4.78, 5) is 0. The number of hydrogen-bond acceptors (Lipinski definition) is 1. The average molecular weight is 563 g/mol. The highest BCUT2D eigenvalue weighted by Crippen LogP contribution is 2.44. The maximum absolute atomic E-state index is 6.17. The van der Waals surface area contributed by atoms with Crippen molar-refractivity contribution in [2.24, 2.45) is 0 Å². The van der Waals surface area contributed by atoms with Crippen molar-refractivity contribution in [3.05, 3.63) is 169 Å². The molecule has 0 aliphatic heterocycles. The predicted molar refractivity (Wildman–Crippen MR) is 190 cm³/mol. The highest BCUT2D eigenvalue weighted by Gasteiger charge is 2.18. The lowest BCUT2D eigenvalue weighted by Crippen LogP contribution is -1.94. The topological polar surface area (TPSA) is 13.1 Å². The zero-order chi connectivity index (χ0) is 29.6. The van der Waals surface area contributed by atoms with Crippen LogP contribution >= 0.6 is 0 Å². The molecule has 8 rings (SSSR count). The third-order valence-electron chi connectivity index (χ3n) is 8.77. The second kappa shape index (κ2) is 10.6. The third kappa shape index (κ3) is 4.17. The normalized spacial score (nSPS) is 12.6. The lowest BCUT2D eigenvalue weighted by Gasteiger charge is -2.19. The summed E-state index contributed by atoms with van der Waals surface area (Å²) in [7, 11) is 0. The van der Waals surface area contributed by atoms with Crippen LogP contribution in [0.5, 0.6) is 0 Å². The molecule has 0 bridgehead atoms. The van der Waals surface area contributed by atoms with Gasteiger partial charge in [0.1, 0.15) is 11.2 Å². The molecule has 0 saturated heterocycles. The van der Waals surface area contributed by atoms with E-state index in [1.807, 2.05) is 18.2 Å². The van der Waals surface area contributed by atoms with Crippen molar-refractivity contribution in [3.63, 3.8) is 0 Å². The third-order valence-corrected chi connectivity index (χ3v) is 8.77. The Morgan fingerprint density at radius 2 is 1.16 bits per heavy atom. The van der Waals surface area contributed by atoms with Gasteiger partial charge in [-0.2, -0.15) is 0 Å². The summed E-state index contributed by atoms with van der Waals surface area (Å²) in [6.07, 6.45) is 6.37. The molecule has 0 N–H and O–H groups in total. The van der Waals surface area contributed by atoms with E-state index in [2.05, 4.69) is 147 Å². The monoisotopic (exact) mass is 562 g/mol. The maximum atomic E-state index is 6.17. The molecule has 0 radical (unpaired) electrons. The van der Waals surface area contributed by atoms with Crippen LogP contribution in [0, 0.1) is 0 Å². The van der Waals surface area contributed by atoms with Crippen LogP contribution in [0.2, 0.25) is 0 Å². The smallest absolute Gasteiger partial charge is 0.135 e. The number of hydrogen-bond donors (Lipinski definition) is 0. The largest absolute Gasteiger partial charge is 0.456 e. The number of fused-ring (bicyclic) bond motifs is 6. The second-order valence-corrected chi connectivity index (χ2v) is 11.4. The summed E-state index contributed by atoms with van der Waals surface area (Å²) >= 11 is 0. The summed E-state index contributed by atoms with van der Waals surface area (Å²) in [5.74, 6) is 0. The Morgan fingerprint density at radius 3 is 1.89 bits per heavy atom. The standard InChI is InChI=1S/C43H30O/c1-3-13-30(26-28(2)32-22-12-15-29-14-4-5-16-33(29)32)42-35-18-6-8-20-37(35)43(38-21-9-7-19-36(38)42)31-24-25-41-39(27-31)34-17-10-11-23-40(34)44-41/h3-27H,1H2,2H3/b28-26+,30-13+. The zero-order valence-corrected chi connectivity index (χ0v) is 24.5. The molecular formula is C43H30O. The zero-order valence-electron chi connectivity index (χ0n) is 24.5. The molecule has 0 spiro atoms. The van der Waals surface area contributed by atoms with Crippen LogP contribution in [-0.4, -0.2) is 0 Å². The van der Waals surface area contributed by atoms with E-state index >= 15 is 0 Å². The molecule has 0 aliphatic carbocycles. The van der Waals surface area contributed by atoms with Gasteiger partial charge in [-0.05, 0) is 90.8 Å². The van der Waals surface area contributed by atoms with Gasteiger partial charge in [0.15, 0.2) is 0 Å². The van der Waals surface area contributed by atoms with Crippen molar-refractivity contribution in [3.8, 4) is 11.1 Å². The second-order valence-electron chi connectivity index (χ2n) is 11.4. The number of benzene rings is 7. The number of para-hydroxylation sites is 1. The Balaban J connectivity index is 1.40. The van der Waals surface area contributed by atoms with Gasteiger partial charge in [-0.1, -0.05) is 140 Å². The number of allylic oxidation sites excluding steroid dienone is 5. The molecule has 1 heteroatoms. The van der Waals surface area contributed by atoms with E-state index in [-0.39, 0.29) is 0 Å². The SMILES string of the molecule is C=C/C=C(\C=C(/C)c1cccc2ccccc12)c1c2ccccc2c(-c2ccc3oc4ccccc4c3c2)c2ccccc12. The first-order valence-electron chi connectivity index (χ1n) is 15.1. The molecule has 44 heavy (non-hydrogen) atoms. The lowest BCUT2D eigenvalue weighted by molar-refractivity contribution is 0.669. The fourth-order valence-electron chi connectivity index (χ4n) is 6.84. The van der Waals surface area contributed by atoms with Crippen molar-refractivity contribution in [2.45, 2.75) is 6.92 Å². The van der Waals surface area contributed by atoms with Crippen LogP contribution in [-0.2, 0) is 0 Å². The van der Waals surface area contributed by atoms with Gasteiger partial charge in [-0.25, -0.2) is 0 Å². The van der Waals surface area contributed by atoms with Crippen molar-refractivity contribution >= 4 is 65.4 Å². The van der Waals surface area contributed by atoms with E-state index in [0.29, 0.717) is 0 Å². The first-order chi connectivity index (χ1) is 21.7. The maximum Gasteiger partial charge on any atom is 0.135 e. The molecule has 0 amide bonds. The fraction of sp³-hybridized carbons (Fsp3) is 0.0233. The summed E-state index contributed by atoms with van der Waals surface area (Å²) in [6.45, 7) is 6.33. The molecule has 1 heterocycles. The van der Waals surface area contributed by atoms with E-state index in [0.717, 1.165) is 27.5 Å². The van der Waals surface area contributed by atoms with Crippen LogP contribution in [0.1, 0.15) is 18.1 Å². The van der Waals surface area contributed by atoms with Crippen molar-refractivity contribution in [1.82, 2.24) is 0 Å². The van der Waals surface area contributed by atoms with Crippen LogP contribution in [0.25, 0.3) is 76.5 Å². The molecule has 0 aliphatic rings. The van der Waals surface area contributed by atoms with Gasteiger partial charge in [0, 0.05) is 10.8 Å². The highest BCUT2D eigenvalue weighted by molar-refractivity contribution is 6.21. The quantitative estimate of drug-likeness (QED) is 0.150. The van der Waals surface area contributed by atoms with Gasteiger partial charge in [0.25, 0.3) is 0 Å². The molecule has 1 nitrogen and oxygen atoms in total. The molecule has 208 valence electrons. The van der Waals surface area contributed by atoms with Gasteiger partial charge in [0.05, 0.1) is 0 Å². The Bertz CT molecular complexity index is 2400. The molecule has 1 aromatic heterocycles. The van der Waals surface area contributed by atoms with E-state index in [9.17, 15) is 0 Å². The van der Waals surface area contributed by atoms with E-state index in [4.69, 9.17) is 4.42 Å². The van der Waals surface area contributed by atoms with E-state index in [1.54, 1.807) is 0 Å². The number of rotatable bonds is 5. The lowest BCUT2D eigenvalue weighted by atomic mass is 9.84. The molecule has 0 atom stereocenters. The fourth-order valence-corrected chi connectivity index (χ4v) is 6.84. The van der Waals surface area contributed by atoms with Gasteiger partial charge < -0.3 is 4.42 Å². The summed E-state index contributed by atoms with van der Waals surface area (Å²) < 4.78 is 6.17. The molecule has 0 unspecified atom stereocenters. The minimum absolute atomic E-state index is 0.908. The summed E-state index contributed by atoms with van der Waals surface area (Å²) in [5, 5.41) is 9.65. The van der Waals surface area contributed by atoms with Gasteiger partial charge in [-0.3, -0.25) is 0 Å². The van der Waals surface area contributed by atoms with Gasteiger partial charge >= 0.3 is 0 Å². The van der Waals surface area contributed by atoms with Gasteiger partial charge in [-0.15, -0.1) is 0 Å². The van der Waals surface area contributed by atoms with Crippen LogP contribution in [0.4, 0.5) is 0 Å². The van der Waals surface area contributed by atoms with Crippen LogP contribution in [0.3, 0.4) is 0 Å². The van der Waals surface area contributed by atoms with Gasteiger partial charge in [0.2, 0.25) is 0 Å². The number of furan rings is 1. The Hall–Kier alpha value is -5.66. The Labute approximate surface area is 256 Å². The molecule has 7 aromatic carbocycles. The van der Waals surface area contributed by atoms with Crippen molar-refractivity contribution < 1.29 is 4.42 Å². The Kier molecular flexibility index (Phi) is 6.24. The van der Waals surface area contributed by atoms with E-state index in [1.165, 1.54) is 60.1 Å². The van der Waals surface area contributed by atoms with Crippen LogP contribution < -0.4 is 0 Å². The first kappa shape index (κ1) is 26.0. The van der Waals surface area contributed by atoms with Crippen molar-refractivity contribution in [1.29, 1.82) is 0 Å². The van der Waals surface area contributed by atoms with Crippen LogP contribution in [0.15, 0.2) is 163 Å². The molecule has 0 saturated carbocycles. The Morgan fingerprint density at radius 1 is 0.568 bits per heavy atom. The summed E-state index contributed by atoms with van der Waals surface area (Å²) in [5.41, 5.74) is 9.05. The molecule has 0 fully saturated rings. The predicted octanol–water partition coefficient (Wildman–Crippen LogP) is 12.4. The van der Waals surface area contributed by atoms with E-state index < -0.39 is 0 Å². The van der Waals surface area contributed by atoms with Crippen molar-refractivity contribution in [2.75, 3.05) is 0 Å².